The van der Waals surface area contributed by atoms with Crippen molar-refractivity contribution < 1.29 is 0 Å². The van der Waals surface area contributed by atoms with Crippen molar-refractivity contribution in [1.29, 1.82) is 0 Å². The Labute approximate surface area is 90.1 Å². The highest BCUT2D eigenvalue weighted by molar-refractivity contribution is 7.99. The van der Waals surface area contributed by atoms with Gasteiger partial charge in [0.05, 0.1) is 0 Å². The normalized spacial score (nSPS) is 10.6. The van der Waals surface area contributed by atoms with E-state index >= 15 is 0 Å². The number of nitrogen functional groups attached to an aromatic ring is 1. The molecule has 0 aliphatic rings. The molecule has 2 N–H and O–H groups in total. The van der Waals surface area contributed by atoms with Gasteiger partial charge < -0.3 is 5.73 Å². The monoisotopic (exact) mass is 213 g/mol. The summed E-state index contributed by atoms with van der Waals surface area (Å²) in [5.41, 5.74) is 5.51. The molecule has 0 saturated heterocycles. The predicted molar refractivity (Wildman–Crippen MR) is 63.5 cm³/mol. The number of aromatic nitrogens is 2. The number of rotatable bonds is 7. The summed E-state index contributed by atoms with van der Waals surface area (Å²) in [6.07, 6.45) is 5.74. The lowest BCUT2D eigenvalue weighted by molar-refractivity contribution is 0.608. The molecular formula is C10H19N3S. The van der Waals surface area contributed by atoms with Gasteiger partial charge in [-0.05, 0) is 30.4 Å². The van der Waals surface area contributed by atoms with Gasteiger partial charge in [0.2, 0.25) is 0 Å². The first kappa shape index (κ1) is 11.4. The Balaban J connectivity index is 1.99. The van der Waals surface area contributed by atoms with Crippen molar-refractivity contribution >= 4 is 17.6 Å². The lowest BCUT2D eigenvalue weighted by Crippen LogP contribution is -2.00. The van der Waals surface area contributed by atoms with Crippen LogP contribution in [0.4, 0.5) is 5.82 Å². The Morgan fingerprint density at radius 1 is 1.43 bits per heavy atom. The minimum Gasteiger partial charge on any atom is -0.382 e. The lowest BCUT2D eigenvalue weighted by Gasteiger charge is -2.01. The summed E-state index contributed by atoms with van der Waals surface area (Å²) < 4.78 is 1.91. The van der Waals surface area contributed by atoms with Gasteiger partial charge in [-0.2, -0.15) is 16.9 Å². The highest BCUT2D eigenvalue weighted by atomic mass is 32.2. The van der Waals surface area contributed by atoms with E-state index in [0.29, 0.717) is 5.82 Å². The number of anilines is 1. The molecule has 0 atom stereocenters. The van der Waals surface area contributed by atoms with Gasteiger partial charge in [0.15, 0.2) is 0 Å². The first-order valence-corrected chi connectivity index (χ1v) is 6.35. The third-order valence-corrected chi connectivity index (χ3v) is 3.13. The zero-order chi connectivity index (χ0) is 10.2. The number of hydrogen-bond acceptors (Lipinski definition) is 3. The van der Waals surface area contributed by atoms with E-state index in [0.717, 1.165) is 6.54 Å². The Hall–Kier alpha value is -0.640. The van der Waals surface area contributed by atoms with Gasteiger partial charge >= 0.3 is 0 Å². The van der Waals surface area contributed by atoms with Crippen LogP contribution < -0.4 is 5.73 Å². The topological polar surface area (TPSA) is 43.8 Å². The Morgan fingerprint density at radius 3 is 2.86 bits per heavy atom. The number of aryl methyl sites for hydroxylation is 1. The smallest absolute Gasteiger partial charge is 0.145 e. The minimum absolute atomic E-state index is 0.614. The summed E-state index contributed by atoms with van der Waals surface area (Å²) in [5.74, 6) is 3.13. The first-order chi connectivity index (χ1) is 6.83. The molecule has 1 aromatic heterocycles. The molecule has 0 aromatic carbocycles. The van der Waals surface area contributed by atoms with Gasteiger partial charge in [-0.1, -0.05) is 13.3 Å². The average Bonchev–Trinajstić information content (AvgIpc) is 2.58. The van der Waals surface area contributed by atoms with E-state index < -0.39 is 0 Å². The Morgan fingerprint density at radius 2 is 2.21 bits per heavy atom. The molecule has 1 heterocycles. The third-order valence-electron chi connectivity index (χ3n) is 1.98. The van der Waals surface area contributed by atoms with Crippen LogP contribution in [0.1, 0.15) is 26.2 Å². The van der Waals surface area contributed by atoms with Crippen molar-refractivity contribution in [3.8, 4) is 0 Å². The molecule has 0 spiro atoms. The lowest BCUT2D eigenvalue weighted by atomic mass is 10.4. The van der Waals surface area contributed by atoms with Crippen molar-refractivity contribution in [1.82, 2.24) is 9.78 Å². The molecule has 0 fully saturated rings. The van der Waals surface area contributed by atoms with Gasteiger partial charge in [0.1, 0.15) is 5.82 Å². The zero-order valence-corrected chi connectivity index (χ0v) is 9.59. The highest BCUT2D eigenvalue weighted by Gasteiger charge is 1.94. The van der Waals surface area contributed by atoms with Gasteiger partial charge in [-0.3, -0.25) is 4.68 Å². The second-order valence-corrected chi connectivity index (χ2v) is 4.55. The SMILES string of the molecule is CCCCSCCCn1ccc(N)n1. The number of thioether (sulfide) groups is 1. The molecule has 4 heteroatoms. The van der Waals surface area contributed by atoms with Crippen LogP contribution in [0.15, 0.2) is 12.3 Å². The van der Waals surface area contributed by atoms with Crippen LogP contribution in [-0.2, 0) is 6.54 Å². The van der Waals surface area contributed by atoms with Gasteiger partial charge in [-0.25, -0.2) is 0 Å². The van der Waals surface area contributed by atoms with Gasteiger partial charge in [0.25, 0.3) is 0 Å². The summed E-state index contributed by atoms with van der Waals surface area (Å²) in [7, 11) is 0. The maximum atomic E-state index is 5.51. The highest BCUT2D eigenvalue weighted by Crippen LogP contribution is 2.07. The van der Waals surface area contributed by atoms with E-state index in [1.807, 2.05) is 28.7 Å². The van der Waals surface area contributed by atoms with Crippen molar-refractivity contribution in [3.63, 3.8) is 0 Å². The van der Waals surface area contributed by atoms with Crippen molar-refractivity contribution in [2.24, 2.45) is 0 Å². The second-order valence-electron chi connectivity index (χ2n) is 3.32. The number of unbranched alkanes of at least 4 members (excludes halogenated alkanes) is 1. The minimum atomic E-state index is 0.614. The van der Waals surface area contributed by atoms with E-state index in [1.54, 1.807) is 0 Å². The zero-order valence-electron chi connectivity index (χ0n) is 8.78. The van der Waals surface area contributed by atoms with Gasteiger partial charge in [0, 0.05) is 12.7 Å². The fourth-order valence-electron chi connectivity index (χ4n) is 1.18. The maximum Gasteiger partial charge on any atom is 0.145 e. The summed E-state index contributed by atoms with van der Waals surface area (Å²) in [4.78, 5) is 0. The van der Waals surface area contributed by atoms with Crippen LogP contribution in [-0.4, -0.2) is 21.3 Å². The summed E-state index contributed by atoms with van der Waals surface area (Å²) in [6, 6.07) is 1.84. The Kier molecular flexibility index (Phi) is 5.52. The van der Waals surface area contributed by atoms with E-state index in [2.05, 4.69) is 12.0 Å². The molecule has 0 aliphatic carbocycles. The second kappa shape index (κ2) is 6.76. The Bertz CT molecular complexity index is 247. The summed E-state index contributed by atoms with van der Waals surface area (Å²) in [6.45, 7) is 3.21. The molecule has 0 unspecified atom stereocenters. The molecule has 0 aliphatic heterocycles. The van der Waals surface area contributed by atoms with E-state index in [4.69, 9.17) is 5.73 Å². The molecule has 1 rings (SSSR count). The predicted octanol–water partition coefficient (Wildman–Crippen LogP) is 2.39. The largest absolute Gasteiger partial charge is 0.382 e. The third kappa shape index (κ3) is 4.56. The molecule has 1 aromatic rings. The standard InChI is InChI=1S/C10H19N3S/c1-2-3-8-14-9-4-6-13-7-5-10(11)12-13/h5,7H,2-4,6,8-9H2,1H3,(H2,11,12). The molecule has 0 amide bonds. The fourth-order valence-corrected chi connectivity index (χ4v) is 2.21. The van der Waals surface area contributed by atoms with Crippen LogP contribution in [0.25, 0.3) is 0 Å². The van der Waals surface area contributed by atoms with Gasteiger partial charge in [-0.15, -0.1) is 0 Å². The molecular weight excluding hydrogens is 194 g/mol. The number of nitrogens with zero attached hydrogens (tertiary/aromatic N) is 2. The van der Waals surface area contributed by atoms with E-state index in [-0.39, 0.29) is 0 Å². The first-order valence-electron chi connectivity index (χ1n) is 5.19. The van der Waals surface area contributed by atoms with Crippen LogP contribution in [0, 0.1) is 0 Å². The van der Waals surface area contributed by atoms with E-state index in [9.17, 15) is 0 Å². The van der Waals surface area contributed by atoms with Crippen LogP contribution in [0.2, 0.25) is 0 Å². The van der Waals surface area contributed by atoms with Crippen molar-refractivity contribution in [2.75, 3.05) is 17.2 Å². The maximum absolute atomic E-state index is 5.51. The quantitative estimate of drug-likeness (QED) is 0.707. The molecule has 0 saturated carbocycles. The molecule has 14 heavy (non-hydrogen) atoms. The van der Waals surface area contributed by atoms with Crippen LogP contribution >= 0.6 is 11.8 Å². The van der Waals surface area contributed by atoms with E-state index in [1.165, 1.54) is 30.8 Å². The summed E-state index contributed by atoms with van der Waals surface area (Å²) in [5, 5.41) is 4.13. The molecule has 3 nitrogen and oxygen atoms in total. The average molecular weight is 213 g/mol. The molecule has 0 radical (unpaired) electrons. The number of hydrogen-bond donors (Lipinski definition) is 1. The van der Waals surface area contributed by atoms with Crippen molar-refractivity contribution in [2.45, 2.75) is 32.7 Å². The number of nitrogens with two attached hydrogens (primary N) is 1. The van der Waals surface area contributed by atoms with Crippen LogP contribution in [0.3, 0.4) is 0 Å². The fraction of sp³-hybridized carbons (Fsp3) is 0.700. The molecule has 80 valence electrons. The summed E-state index contributed by atoms with van der Waals surface area (Å²) >= 11 is 2.03. The van der Waals surface area contributed by atoms with Crippen LogP contribution in [0.5, 0.6) is 0 Å². The van der Waals surface area contributed by atoms with Crippen molar-refractivity contribution in [3.05, 3.63) is 12.3 Å². The molecule has 0 bridgehead atoms.